The van der Waals surface area contributed by atoms with E-state index in [0.29, 0.717) is 18.3 Å². The Morgan fingerprint density at radius 3 is 2.64 bits per heavy atom. The Labute approximate surface area is 153 Å². The van der Waals surface area contributed by atoms with E-state index in [-0.39, 0.29) is 12.1 Å². The summed E-state index contributed by atoms with van der Waals surface area (Å²) in [7, 11) is 1.42. The zero-order valence-electron chi connectivity index (χ0n) is 16.0. The van der Waals surface area contributed by atoms with E-state index in [2.05, 4.69) is 36.0 Å². The smallest absolute Gasteiger partial charge is 0.305 e. The number of ether oxygens (including phenoxy) is 1. The maximum Gasteiger partial charge on any atom is 0.305 e. The van der Waals surface area contributed by atoms with Gasteiger partial charge < -0.3 is 9.84 Å². The highest BCUT2D eigenvalue weighted by atomic mass is 16.5. The van der Waals surface area contributed by atoms with Crippen molar-refractivity contribution in [1.82, 2.24) is 0 Å². The van der Waals surface area contributed by atoms with Gasteiger partial charge in [0.1, 0.15) is 0 Å². The van der Waals surface area contributed by atoms with Gasteiger partial charge >= 0.3 is 5.97 Å². The average Bonchev–Trinajstić information content (AvgIpc) is 3.39. The van der Waals surface area contributed by atoms with Crippen molar-refractivity contribution in [3.63, 3.8) is 0 Å². The van der Waals surface area contributed by atoms with Crippen LogP contribution in [0.25, 0.3) is 0 Å². The summed E-state index contributed by atoms with van der Waals surface area (Å²) in [5.41, 5.74) is 0. The number of unbranched alkanes of at least 4 members (excludes halogenated alkanes) is 4. The summed E-state index contributed by atoms with van der Waals surface area (Å²) in [6, 6.07) is 0. The Kier molecular flexibility index (Phi) is 12.0. The van der Waals surface area contributed by atoms with Crippen molar-refractivity contribution < 1.29 is 14.6 Å². The average molecular weight is 349 g/mol. The first-order valence-electron chi connectivity index (χ1n) is 9.90. The van der Waals surface area contributed by atoms with Gasteiger partial charge in [-0.2, -0.15) is 0 Å². The van der Waals surface area contributed by atoms with E-state index in [9.17, 15) is 9.90 Å². The lowest BCUT2D eigenvalue weighted by Gasteiger charge is -2.03. The molecule has 0 amide bonds. The summed E-state index contributed by atoms with van der Waals surface area (Å²) in [4.78, 5) is 11.0. The molecular weight excluding hydrogens is 312 g/mol. The molecule has 0 heterocycles. The van der Waals surface area contributed by atoms with Gasteiger partial charge in [-0.1, -0.05) is 56.2 Å². The quantitative estimate of drug-likeness (QED) is 0.261. The lowest BCUT2D eigenvalue weighted by Crippen LogP contribution is -2.06. The van der Waals surface area contributed by atoms with Gasteiger partial charge in [0.25, 0.3) is 0 Å². The van der Waals surface area contributed by atoms with Crippen LogP contribution in [0.15, 0.2) is 36.5 Å². The fourth-order valence-electron chi connectivity index (χ4n) is 2.98. The molecule has 3 unspecified atom stereocenters. The molecule has 25 heavy (non-hydrogen) atoms. The second-order valence-corrected chi connectivity index (χ2v) is 6.96. The van der Waals surface area contributed by atoms with Crippen molar-refractivity contribution in [3.8, 4) is 0 Å². The highest BCUT2D eigenvalue weighted by Gasteiger charge is 2.40. The predicted octanol–water partition coefficient (Wildman–Crippen LogP) is 5.36. The number of carbonyl (C=O) groups excluding carboxylic acids is 1. The van der Waals surface area contributed by atoms with Gasteiger partial charge in [0.2, 0.25) is 0 Å². The van der Waals surface area contributed by atoms with E-state index < -0.39 is 0 Å². The molecule has 0 spiro atoms. The molecule has 1 N–H and O–H groups in total. The van der Waals surface area contributed by atoms with Crippen molar-refractivity contribution >= 4 is 5.97 Å². The van der Waals surface area contributed by atoms with Crippen LogP contribution in [0.1, 0.15) is 71.1 Å². The molecule has 0 aromatic rings. The number of aliphatic hydroxyl groups excluding tert-OH is 1. The zero-order valence-corrected chi connectivity index (χ0v) is 16.0. The van der Waals surface area contributed by atoms with Crippen LogP contribution in [0.4, 0.5) is 0 Å². The standard InChI is InChI=1S/C22H36O3/c1-3-4-5-6-9-12-15-19-18-20(19)21(23)16-13-10-7-8-11-14-17-22(24)25-2/h7-9,12-13,16,19-21,23H,3-6,10-11,14-15,17-18H2,1-2H3/b8-7-,12-9-,16-13-. The van der Waals surface area contributed by atoms with Gasteiger partial charge in [0.15, 0.2) is 0 Å². The zero-order chi connectivity index (χ0) is 18.3. The highest BCUT2D eigenvalue weighted by molar-refractivity contribution is 5.69. The molecule has 0 aromatic heterocycles. The maximum atomic E-state index is 11.0. The van der Waals surface area contributed by atoms with Crippen LogP contribution in [0.2, 0.25) is 0 Å². The van der Waals surface area contributed by atoms with E-state index >= 15 is 0 Å². The summed E-state index contributed by atoms with van der Waals surface area (Å²) in [6.45, 7) is 2.23. The molecule has 0 saturated heterocycles. The Bertz CT molecular complexity index is 437. The van der Waals surface area contributed by atoms with E-state index in [1.165, 1.54) is 32.8 Å². The normalized spacial score (nSPS) is 21.4. The highest BCUT2D eigenvalue weighted by Crippen LogP contribution is 2.44. The third kappa shape index (κ3) is 11.0. The van der Waals surface area contributed by atoms with Crippen molar-refractivity contribution in [2.45, 2.75) is 77.2 Å². The summed E-state index contributed by atoms with van der Waals surface area (Å²) in [5, 5.41) is 10.2. The van der Waals surface area contributed by atoms with Crippen molar-refractivity contribution in [3.05, 3.63) is 36.5 Å². The summed E-state index contributed by atoms with van der Waals surface area (Å²) < 4.78 is 4.60. The lowest BCUT2D eigenvalue weighted by atomic mass is 10.1. The van der Waals surface area contributed by atoms with E-state index in [1.807, 2.05) is 12.2 Å². The van der Waals surface area contributed by atoms with Gasteiger partial charge in [-0.25, -0.2) is 0 Å². The fourth-order valence-corrected chi connectivity index (χ4v) is 2.98. The molecule has 0 aromatic carbocycles. The summed E-state index contributed by atoms with van der Waals surface area (Å²) in [5.74, 6) is 0.961. The number of rotatable bonds is 14. The molecule has 3 heteroatoms. The molecule has 1 fully saturated rings. The summed E-state index contributed by atoms with van der Waals surface area (Å²) >= 11 is 0. The van der Waals surface area contributed by atoms with Crippen molar-refractivity contribution in [2.24, 2.45) is 11.8 Å². The first-order valence-corrected chi connectivity index (χ1v) is 9.90. The number of hydrogen-bond donors (Lipinski definition) is 1. The molecule has 1 aliphatic carbocycles. The molecule has 1 saturated carbocycles. The largest absolute Gasteiger partial charge is 0.469 e. The number of carbonyl (C=O) groups is 1. The third-order valence-electron chi connectivity index (χ3n) is 4.75. The Balaban J connectivity index is 2.04. The van der Waals surface area contributed by atoms with Crippen LogP contribution >= 0.6 is 0 Å². The molecule has 0 radical (unpaired) electrons. The lowest BCUT2D eigenvalue weighted by molar-refractivity contribution is -0.140. The number of allylic oxidation sites excluding steroid dienone is 5. The van der Waals surface area contributed by atoms with E-state index in [4.69, 9.17) is 0 Å². The monoisotopic (exact) mass is 348 g/mol. The van der Waals surface area contributed by atoms with E-state index in [1.54, 1.807) is 0 Å². The first kappa shape index (κ1) is 21.7. The minimum absolute atomic E-state index is 0.147. The van der Waals surface area contributed by atoms with Gasteiger partial charge in [-0.3, -0.25) is 4.79 Å². The number of esters is 1. The molecule has 0 bridgehead atoms. The van der Waals surface area contributed by atoms with Crippen LogP contribution in [-0.4, -0.2) is 24.3 Å². The molecule has 3 atom stereocenters. The minimum atomic E-state index is -0.300. The van der Waals surface area contributed by atoms with Crippen molar-refractivity contribution in [1.29, 1.82) is 0 Å². The third-order valence-corrected chi connectivity index (χ3v) is 4.75. The first-order chi connectivity index (χ1) is 12.2. The van der Waals surface area contributed by atoms with Gasteiger partial charge in [-0.05, 0) is 56.8 Å². The molecule has 1 rings (SSSR count). The Morgan fingerprint density at radius 2 is 1.88 bits per heavy atom. The Hall–Kier alpha value is -1.35. The fraction of sp³-hybridized carbons (Fsp3) is 0.682. The minimum Gasteiger partial charge on any atom is -0.469 e. The number of hydrogen-bond acceptors (Lipinski definition) is 3. The van der Waals surface area contributed by atoms with Gasteiger partial charge in [-0.15, -0.1) is 0 Å². The predicted molar refractivity (Wildman–Crippen MR) is 104 cm³/mol. The van der Waals surface area contributed by atoms with Crippen LogP contribution in [0, 0.1) is 11.8 Å². The SMILES string of the molecule is CCCCC/C=C\CC1CC1C(O)/C=C\C/C=C\CCCC(=O)OC. The maximum absolute atomic E-state index is 11.0. The van der Waals surface area contributed by atoms with Crippen LogP contribution in [0.3, 0.4) is 0 Å². The number of methoxy groups -OCH3 is 1. The van der Waals surface area contributed by atoms with Gasteiger partial charge in [0.05, 0.1) is 13.2 Å². The molecule has 0 aliphatic heterocycles. The van der Waals surface area contributed by atoms with Crippen LogP contribution in [0.5, 0.6) is 0 Å². The van der Waals surface area contributed by atoms with Crippen LogP contribution < -0.4 is 0 Å². The van der Waals surface area contributed by atoms with Crippen molar-refractivity contribution in [2.75, 3.05) is 7.11 Å². The topological polar surface area (TPSA) is 46.5 Å². The molecule has 142 valence electrons. The second-order valence-electron chi connectivity index (χ2n) is 6.96. The Morgan fingerprint density at radius 1 is 1.12 bits per heavy atom. The van der Waals surface area contributed by atoms with Gasteiger partial charge in [0, 0.05) is 6.42 Å². The van der Waals surface area contributed by atoms with E-state index in [0.717, 1.165) is 32.1 Å². The summed E-state index contributed by atoms with van der Waals surface area (Å²) in [6.07, 6.45) is 22.8. The molecular formula is C22H36O3. The molecule has 1 aliphatic rings. The molecule has 3 nitrogen and oxygen atoms in total. The second kappa shape index (κ2) is 13.9. The van der Waals surface area contributed by atoms with Crippen LogP contribution in [-0.2, 0) is 9.53 Å². The number of aliphatic hydroxyl groups is 1.